The van der Waals surface area contributed by atoms with Gasteiger partial charge >= 0.3 is 0 Å². The highest BCUT2D eigenvalue weighted by Gasteiger charge is 2.13. The predicted molar refractivity (Wildman–Crippen MR) is 83.5 cm³/mol. The third kappa shape index (κ3) is 3.93. The first-order valence-electron chi connectivity index (χ1n) is 6.22. The topological polar surface area (TPSA) is 34.1 Å². The number of benzene rings is 2. The first-order valence-corrected chi connectivity index (χ1v) is 7.03. The Morgan fingerprint density at radius 3 is 2.00 bits per heavy atom. The summed E-state index contributed by atoms with van der Waals surface area (Å²) in [4.78, 5) is 24.2. The second-order valence-electron chi connectivity index (χ2n) is 4.23. The molecular weight excluding hydrogens is 268 g/mol. The van der Waals surface area contributed by atoms with E-state index >= 15 is 0 Å². The smallest absolute Gasteiger partial charge is 0.224 e. The Morgan fingerprint density at radius 2 is 1.45 bits per heavy atom. The van der Waals surface area contributed by atoms with Crippen LogP contribution in [0.15, 0.2) is 65.6 Å². The second-order valence-corrected chi connectivity index (χ2v) is 5.25. The number of hydrogen-bond donors (Lipinski definition) is 0. The van der Waals surface area contributed by atoms with E-state index in [1.807, 2.05) is 48.5 Å². The van der Waals surface area contributed by atoms with Gasteiger partial charge in [0, 0.05) is 5.56 Å². The van der Waals surface area contributed by atoms with Gasteiger partial charge in [-0.1, -0.05) is 60.7 Å². The van der Waals surface area contributed by atoms with Crippen molar-refractivity contribution in [1.82, 2.24) is 0 Å². The lowest BCUT2D eigenvalue weighted by Gasteiger charge is -2.03. The molecule has 0 aliphatic heterocycles. The van der Waals surface area contributed by atoms with Gasteiger partial charge in [0.2, 0.25) is 5.12 Å². The van der Waals surface area contributed by atoms with Crippen molar-refractivity contribution in [1.29, 1.82) is 0 Å². The summed E-state index contributed by atoms with van der Waals surface area (Å²) in [6.45, 7) is 1.47. The molecular formula is C17H14O2S. The molecule has 0 fully saturated rings. The quantitative estimate of drug-likeness (QED) is 0.788. The van der Waals surface area contributed by atoms with Gasteiger partial charge in [0.15, 0.2) is 5.78 Å². The Balaban J connectivity index is 2.21. The van der Waals surface area contributed by atoms with E-state index in [-0.39, 0.29) is 10.9 Å². The van der Waals surface area contributed by atoms with E-state index in [9.17, 15) is 9.59 Å². The highest BCUT2D eigenvalue weighted by molar-refractivity contribution is 8.18. The van der Waals surface area contributed by atoms with E-state index in [0.717, 1.165) is 17.3 Å². The molecule has 2 aromatic rings. The summed E-state index contributed by atoms with van der Waals surface area (Å²) in [5, 5.41) is -0.122. The molecule has 2 nitrogen and oxygen atoms in total. The fourth-order valence-electron chi connectivity index (χ4n) is 1.64. The van der Waals surface area contributed by atoms with Crippen LogP contribution in [-0.2, 0) is 4.79 Å². The minimum absolute atomic E-state index is 0.108. The van der Waals surface area contributed by atoms with E-state index < -0.39 is 0 Å². The van der Waals surface area contributed by atoms with Gasteiger partial charge in [0.1, 0.15) is 0 Å². The Bertz CT molecular complexity index is 631. The van der Waals surface area contributed by atoms with E-state index in [2.05, 4.69) is 0 Å². The van der Waals surface area contributed by atoms with Crippen LogP contribution in [0.2, 0.25) is 0 Å². The standard InChI is InChI=1S/C17H14O2S/c1-13(18)16(12-14-8-4-2-5-9-14)20-17(19)15-10-6-3-7-11-15/h2-12H,1H3/b16-12+. The summed E-state index contributed by atoms with van der Waals surface area (Å²) in [6.07, 6.45) is 1.74. The summed E-state index contributed by atoms with van der Waals surface area (Å²) >= 11 is 0.973. The van der Waals surface area contributed by atoms with Gasteiger partial charge in [-0.25, -0.2) is 0 Å². The molecule has 0 bridgehead atoms. The van der Waals surface area contributed by atoms with Crippen LogP contribution in [0.25, 0.3) is 6.08 Å². The molecule has 0 saturated heterocycles. The molecule has 0 atom stereocenters. The molecule has 0 aromatic heterocycles. The first kappa shape index (κ1) is 14.3. The van der Waals surface area contributed by atoms with Gasteiger partial charge in [-0.15, -0.1) is 0 Å². The molecule has 0 aliphatic rings. The van der Waals surface area contributed by atoms with Crippen molar-refractivity contribution in [2.24, 2.45) is 0 Å². The van der Waals surface area contributed by atoms with Crippen molar-refractivity contribution >= 4 is 28.7 Å². The number of carbonyl (C=O) groups is 2. The molecule has 0 spiro atoms. The maximum atomic E-state index is 12.1. The zero-order chi connectivity index (χ0) is 14.4. The molecule has 2 rings (SSSR count). The Hall–Kier alpha value is -2.13. The van der Waals surface area contributed by atoms with Crippen LogP contribution in [0.4, 0.5) is 0 Å². The highest BCUT2D eigenvalue weighted by atomic mass is 32.2. The molecule has 0 heterocycles. The summed E-state index contributed by atoms with van der Waals surface area (Å²) in [7, 11) is 0. The number of thioether (sulfide) groups is 1. The van der Waals surface area contributed by atoms with Crippen molar-refractivity contribution in [3.05, 3.63) is 76.7 Å². The molecule has 3 heteroatoms. The van der Waals surface area contributed by atoms with Gasteiger partial charge in [-0.3, -0.25) is 9.59 Å². The summed E-state index contributed by atoms with van der Waals surface area (Å²) in [5.74, 6) is -0.108. The third-order valence-electron chi connectivity index (χ3n) is 2.66. The van der Waals surface area contributed by atoms with Gasteiger partial charge in [-0.2, -0.15) is 0 Å². The van der Waals surface area contributed by atoms with Crippen LogP contribution in [-0.4, -0.2) is 10.9 Å². The number of Topliss-reactive ketones (excluding diaryl/α,β-unsaturated/α-hetero) is 1. The van der Waals surface area contributed by atoms with Crippen LogP contribution in [0.1, 0.15) is 22.8 Å². The Morgan fingerprint density at radius 1 is 0.900 bits per heavy atom. The van der Waals surface area contributed by atoms with Crippen molar-refractivity contribution in [2.45, 2.75) is 6.92 Å². The van der Waals surface area contributed by atoms with E-state index in [1.165, 1.54) is 6.92 Å². The third-order valence-corrected chi connectivity index (χ3v) is 3.70. The first-order chi connectivity index (χ1) is 9.66. The van der Waals surface area contributed by atoms with E-state index in [1.54, 1.807) is 18.2 Å². The van der Waals surface area contributed by atoms with E-state index in [0.29, 0.717) is 10.5 Å². The molecule has 2 aromatic carbocycles. The van der Waals surface area contributed by atoms with Crippen LogP contribution in [0, 0.1) is 0 Å². The average Bonchev–Trinajstić information content (AvgIpc) is 2.48. The molecule has 0 amide bonds. The predicted octanol–water partition coefficient (Wildman–Crippen LogP) is 4.19. The molecule has 0 aliphatic carbocycles. The zero-order valence-corrected chi connectivity index (χ0v) is 11.9. The van der Waals surface area contributed by atoms with Crippen LogP contribution < -0.4 is 0 Å². The van der Waals surface area contributed by atoms with Crippen molar-refractivity contribution in [2.75, 3.05) is 0 Å². The number of rotatable bonds is 4. The molecule has 0 N–H and O–H groups in total. The van der Waals surface area contributed by atoms with Crippen LogP contribution in [0.3, 0.4) is 0 Å². The maximum absolute atomic E-state index is 12.1. The molecule has 20 heavy (non-hydrogen) atoms. The minimum Gasteiger partial charge on any atom is -0.294 e. The fraction of sp³-hybridized carbons (Fsp3) is 0.0588. The Kier molecular flexibility index (Phi) is 4.91. The molecule has 0 unspecified atom stereocenters. The summed E-state index contributed by atoms with van der Waals surface area (Å²) in [6, 6.07) is 18.5. The molecule has 0 saturated carbocycles. The lowest BCUT2D eigenvalue weighted by atomic mass is 10.2. The van der Waals surface area contributed by atoms with Crippen LogP contribution in [0.5, 0.6) is 0 Å². The maximum Gasteiger partial charge on any atom is 0.224 e. The van der Waals surface area contributed by atoms with Gasteiger partial charge in [0.05, 0.1) is 4.91 Å². The monoisotopic (exact) mass is 282 g/mol. The highest BCUT2D eigenvalue weighted by Crippen LogP contribution is 2.24. The van der Waals surface area contributed by atoms with Gasteiger partial charge < -0.3 is 0 Å². The molecule has 0 radical (unpaired) electrons. The average molecular weight is 282 g/mol. The Labute approximate surface area is 122 Å². The molecule has 100 valence electrons. The number of hydrogen-bond acceptors (Lipinski definition) is 3. The van der Waals surface area contributed by atoms with Crippen molar-refractivity contribution < 1.29 is 9.59 Å². The largest absolute Gasteiger partial charge is 0.294 e. The van der Waals surface area contributed by atoms with E-state index in [4.69, 9.17) is 0 Å². The van der Waals surface area contributed by atoms with Crippen LogP contribution >= 0.6 is 11.8 Å². The number of allylic oxidation sites excluding steroid dienone is 1. The minimum atomic E-state index is -0.122. The van der Waals surface area contributed by atoms with Gasteiger partial charge in [-0.05, 0) is 30.3 Å². The fourth-order valence-corrected chi connectivity index (χ4v) is 2.43. The van der Waals surface area contributed by atoms with Crippen molar-refractivity contribution in [3.8, 4) is 0 Å². The zero-order valence-electron chi connectivity index (χ0n) is 11.1. The van der Waals surface area contributed by atoms with Crippen molar-refractivity contribution in [3.63, 3.8) is 0 Å². The second kappa shape index (κ2) is 6.87. The lowest BCUT2D eigenvalue weighted by molar-refractivity contribution is -0.112. The number of ketones is 1. The SMILES string of the molecule is CC(=O)/C(=C\c1ccccc1)SC(=O)c1ccccc1. The summed E-state index contributed by atoms with van der Waals surface area (Å²) in [5.41, 5.74) is 1.50. The lowest BCUT2D eigenvalue weighted by Crippen LogP contribution is -1.99. The number of carbonyl (C=O) groups excluding carboxylic acids is 2. The van der Waals surface area contributed by atoms with Gasteiger partial charge in [0.25, 0.3) is 0 Å². The summed E-state index contributed by atoms with van der Waals surface area (Å²) < 4.78 is 0. The normalized spacial score (nSPS) is 11.2.